The zero-order valence-corrected chi connectivity index (χ0v) is 15.4. The Bertz CT molecular complexity index is 893. The number of carbonyl (C=O) groups excluding carboxylic acids is 1. The molecular formula is C19H20N6OS. The van der Waals surface area contributed by atoms with Gasteiger partial charge in [0.15, 0.2) is 5.13 Å². The molecule has 5 N–H and O–H groups in total. The third-order valence-electron chi connectivity index (χ3n) is 3.57. The molecule has 0 radical (unpaired) electrons. The molecule has 3 rings (SSSR count). The summed E-state index contributed by atoms with van der Waals surface area (Å²) in [5, 5.41) is 12.0. The van der Waals surface area contributed by atoms with Gasteiger partial charge in [0.1, 0.15) is 5.82 Å². The van der Waals surface area contributed by atoms with Crippen LogP contribution in [0.1, 0.15) is 5.56 Å². The zero-order chi connectivity index (χ0) is 18.9. The molecule has 2 aromatic heterocycles. The molecule has 27 heavy (non-hydrogen) atoms. The van der Waals surface area contributed by atoms with Crippen LogP contribution in [0.15, 0.2) is 60.2 Å². The van der Waals surface area contributed by atoms with E-state index in [0.29, 0.717) is 11.4 Å². The van der Waals surface area contributed by atoms with Gasteiger partial charge in [0.25, 0.3) is 0 Å². The Kier molecular flexibility index (Phi) is 6.37. The summed E-state index contributed by atoms with van der Waals surface area (Å²) in [6, 6.07) is 10.9. The number of hydrogen-bond acceptors (Lipinski definition) is 7. The number of para-hydroxylation sites is 2. The van der Waals surface area contributed by atoms with Gasteiger partial charge in [-0.05, 0) is 35.9 Å². The summed E-state index contributed by atoms with van der Waals surface area (Å²) in [4.78, 5) is 20.5. The van der Waals surface area contributed by atoms with Crippen molar-refractivity contribution < 1.29 is 4.79 Å². The Balaban J connectivity index is 1.44. The molecule has 7 nitrogen and oxygen atoms in total. The Morgan fingerprint density at radius 2 is 1.96 bits per heavy atom. The number of thiazole rings is 1. The molecule has 3 aromatic rings. The lowest BCUT2D eigenvalue weighted by atomic mass is 10.2. The van der Waals surface area contributed by atoms with E-state index in [0.717, 1.165) is 29.6 Å². The van der Waals surface area contributed by atoms with Crippen LogP contribution in [-0.2, 0) is 4.79 Å². The maximum Gasteiger partial charge on any atom is 0.248 e. The van der Waals surface area contributed by atoms with Crippen LogP contribution < -0.4 is 21.7 Å². The summed E-state index contributed by atoms with van der Waals surface area (Å²) in [6.45, 7) is 1.47. The van der Waals surface area contributed by atoms with Crippen LogP contribution in [0, 0.1) is 0 Å². The number of pyridine rings is 1. The second-order valence-electron chi connectivity index (χ2n) is 5.58. The van der Waals surface area contributed by atoms with Crippen LogP contribution in [0.2, 0.25) is 0 Å². The van der Waals surface area contributed by atoms with E-state index in [1.165, 1.54) is 6.08 Å². The molecule has 0 bridgehead atoms. The third kappa shape index (κ3) is 5.82. The number of nitrogens with one attached hydrogen (secondary N) is 3. The molecule has 0 aliphatic carbocycles. The summed E-state index contributed by atoms with van der Waals surface area (Å²) < 4.78 is 0. The number of aromatic nitrogens is 2. The Morgan fingerprint density at radius 1 is 1.11 bits per heavy atom. The highest BCUT2D eigenvalue weighted by molar-refractivity contribution is 7.13. The lowest BCUT2D eigenvalue weighted by Gasteiger charge is -2.06. The minimum atomic E-state index is -0.247. The van der Waals surface area contributed by atoms with E-state index in [2.05, 4.69) is 25.9 Å². The van der Waals surface area contributed by atoms with E-state index in [1.54, 1.807) is 41.9 Å². The van der Waals surface area contributed by atoms with Gasteiger partial charge < -0.3 is 21.7 Å². The van der Waals surface area contributed by atoms with E-state index < -0.39 is 0 Å². The van der Waals surface area contributed by atoms with E-state index in [9.17, 15) is 4.79 Å². The number of carbonyl (C=O) groups is 1. The van der Waals surface area contributed by atoms with E-state index in [4.69, 9.17) is 5.73 Å². The van der Waals surface area contributed by atoms with Crippen molar-refractivity contribution in [2.45, 2.75) is 0 Å². The Hall–Kier alpha value is -3.39. The largest absolute Gasteiger partial charge is 0.397 e. The molecule has 0 aliphatic heterocycles. The molecule has 138 valence electrons. The van der Waals surface area contributed by atoms with Gasteiger partial charge in [-0.2, -0.15) is 0 Å². The minimum Gasteiger partial charge on any atom is -0.397 e. The number of nitrogens with zero attached hydrogens (tertiary/aromatic N) is 2. The molecule has 0 saturated heterocycles. The van der Waals surface area contributed by atoms with Gasteiger partial charge in [0, 0.05) is 36.9 Å². The van der Waals surface area contributed by atoms with Gasteiger partial charge in [-0.1, -0.05) is 12.1 Å². The first kappa shape index (κ1) is 18.4. The number of amides is 1. The molecule has 2 heterocycles. The van der Waals surface area contributed by atoms with Crippen molar-refractivity contribution in [3.05, 3.63) is 65.8 Å². The van der Waals surface area contributed by atoms with Gasteiger partial charge >= 0.3 is 0 Å². The highest BCUT2D eigenvalue weighted by atomic mass is 32.1. The second kappa shape index (κ2) is 9.35. The molecule has 0 fully saturated rings. The van der Waals surface area contributed by atoms with Crippen molar-refractivity contribution in [3.8, 4) is 0 Å². The van der Waals surface area contributed by atoms with Gasteiger partial charge in [0.05, 0.1) is 11.4 Å². The van der Waals surface area contributed by atoms with Crippen LogP contribution in [0.5, 0.6) is 0 Å². The first-order valence-electron chi connectivity index (χ1n) is 8.37. The maximum atomic E-state index is 12.0. The minimum absolute atomic E-state index is 0.247. The second-order valence-corrected chi connectivity index (χ2v) is 6.47. The molecule has 1 aromatic carbocycles. The third-order valence-corrected chi connectivity index (χ3v) is 4.30. The fraction of sp³-hybridized carbons (Fsp3) is 0.105. The van der Waals surface area contributed by atoms with Gasteiger partial charge in [-0.3, -0.25) is 4.79 Å². The molecule has 1 amide bonds. The Morgan fingerprint density at radius 3 is 2.70 bits per heavy atom. The normalized spacial score (nSPS) is 10.7. The first-order chi connectivity index (χ1) is 13.2. The quantitative estimate of drug-likeness (QED) is 0.271. The zero-order valence-electron chi connectivity index (χ0n) is 14.6. The average molecular weight is 380 g/mol. The summed E-state index contributed by atoms with van der Waals surface area (Å²) in [6.07, 6.45) is 6.63. The molecule has 0 spiro atoms. The van der Waals surface area contributed by atoms with Crippen molar-refractivity contribution in [2.24, 2.45) is 0 Å². The number of anilines is 4. The van der Waals surface area contributed by atoms with Gasteiger partial charge in [0.2, 0.25) is 5.91 Å². The molecule has 0 atom stereocenters. The van der Waals surface area contributed by atoms with Crippen molar-refractivity contribution in [3.63, 3.8) is 0 Å². The fourth-order valence-electron chi connectivity index (χ4n) is 2.24. The van der Waals surface area contributed by atoms with Crippen molar-refractivity contribution in [1.29, 1.82) is 0 Å². The van der Waals surface area contributed by atoms with Crippen LogP contribution in [-0.4, -0.2) is 29.0 Å². The van der Waals surface area contributed by atoms with E-state index in [-0.39, 0.29) is 5.91 Å². The van der Waals surface area contributed by atoms with Crippen molar-refractivity contribution >= 4 is 45.6 Å². The molecular weight excluding hydrogens is 360 g/mol. The first-order valence-corrected chi connectivity index (χ1v) is 9.25. The standard InChI is InChI=1S/C19H20N6OS/c20-15-3-1-2-4-16(15)25-18(26)8-6-14-5-7-17(24-13-14)21-9-10-22-19-23-11-12-27-19/h1-8,11-13H,9-10,20H2,(H,21,24)(H,22,23)(H,25,26)/b8-6+. The highest BCUT2D eigenvalue weighted by Crippen LogP contribution is 2.16. The SMILES string of the molecule is Nc1ccccc1NC(=O)/C=C/c1ccc(NCCNc2nccs2)nc1. The van der Waals surface area contributed by atoms with Crippen LogP contribution in [0.4, 0.5) is 22.3 Å². The monoisotopic (exact) mass is 380 g/mol. The number of benzene rings is 1. The average Bonchev–Trinajstić information content (AvgIpc) is 3.20. The predicted octanol–water partition coefficient (Wildman–Crippen LogP) is 3.30. The van der Waals surface area contributed by atoms with Crippen molar-refractivity contribution in [2.75, 3.05) is 34.8 Å². The molecule has 0 unspecified atom stereocenters. The highest BCUT2D eigenvalue weighted by Gasteiger charge is 2.01. The number of hydrogen-bond donors (Lipinski definition) is 4. The number of nitrogen functional groups attached to an aromatic ring is 1. The topological polar surface area (TPSA) is 105 Å². The predicted molar refractivity (Wildman–Crippen MR) is 112 cm³/mol. The van der Waals surface area contributed by atoms with Crippen LogP contribution in [0.25, 0.3) is 6.08 Å². The molecule has 0 aliphatic rings. The summed E-state index contributed by atoms with van der Waals surface area (Å²) in [5.41, 5.74) is 7.76. The van der Waals surface area contributed by atoms with Gasteiger partial charge in [-0.15, -0.1) is 11.3 Å². The maximum absolute atomic E-state index is 12.0. The summed E-state index contributed by atoms with van der Waals surface area (Å²) >= 11 is 1.57. The van der Waals surface area contributed by atoms with E-state index in [1.807, 2.05) is 29.6 Å². The fourth-order valence-corrected chi connectivity index (χ4v) is 2.79. The number of rotatable bonds is 8. The smallest absolute Gasteiger partial charge is 0.248 e. The van der Waals surface area contributed by atoms with Crippen LogP contribution in [0.3, 0.4) is 0 Å². The summed E-state index contributed by atoms with van der Waals surface area (Å²) in [5.74, 6) is 0.526. The van der Waals surface area contributed by atoms with E-state index >= 15 is 0 Å². The van der Waals surface area contributed by atoms with Gasteiger partial charge in [-0.25, -0.2) is 9.97 Å². The number of nitrogens with two attached hydrogens (primary N) is 1. The lowest BCUT2D eigenvalue weighted by Crippen LogP contribution is -2.14. The van der Waals surface area contributed by atoms with Crippen molar-refractivity contribution in [1.82, 2.24) is 9.97 Å². The lowest BCUT2D eigenvalue weighted by molar-refractivity contribution is -0.111. The van der Waals surface area contributed by atoms with Crippen LogP contribution >= 0.6 is 11.3 Å². The molecule has 0 saturated carbocycles. The Labute approximate surface area is 161 Å². The molecule has 8 heteroatoms. The summed E-state index contributed by atoms with van der Waals surface area (Å²) in [7, 11) is 0.